The lowest BCUT2D eigenvalue weighted by Crippen LogP contribution is -2.58. The van der Waals surface area contributed by atoms with E-state index in [-0.39, 0.29) is 30.7 Å². The summed E-state index contributed by atoms with van der Waals surface area (Å²) in [6.45, 7) is 1.39. The van der Waals surface area contributed by atoms with Crippen LogP contribution >= 0.6 is 0 Å². The number of hydrogen-bond donors (Lipinski definition) is 2. The predicted octanol–water partition coefficient (Wildman–Crippen LogP) is 1.92. The van der Waals surface area contributed by atoms with Crippen LogP contribution in [0.3, 0.4) is 0 Å². The summed E-state index contributed by atoms with van der Waals surface area (Å²) in [5, 5.41) is 12.3. The average Bonchev–Trinajstić information content (AvgIpc) is 2.98. The van der Waals surface area contributed by atoms with Gasteiger partial charge in [0, 0.05) is 25.3 Å². The number of ether oxygens (including phenoxy) is 2. The smallest absolute Gasteiger partial charge is 0.262 e. The van der Waals surface area contributed by atoms with Gasteiger partial charge in [0.2, 0.25) is 5.91 Å². The van der Waals surface area contributed by atoms with Gasteiger partial charge in [0.25, 0.3) is 5.91 Å². The van der Waals surface area contributed by atoms with Crippen LogP contribution in [0, 0.1) is 17.1 Å². The number of hydrogen-bond acceptors (Lipinski definition) is 6. The number of fused-ring (bicyclic) bond motifs is 1. The first-order valence-corrected chi connectivity index (χ1v) is 10.8. The lowest BCUT2D eigenvalue weighted by Gasteiger charge is -2.32. The fourth-order valence-electron chi connectivity index (χ4n) is 3.98. The average molecular weight is 452 g/mol. The number of nitrogens with one attached hydrogen (secondary N) is 1. The van der Waals surface area contributed by atoms with Crippen molar-refractivity contribution in [3.63, 3.8) is 0 Å². The summed E-state index contributed by atoms with van der Waals surface area (Å²) < 4.78 is 24.3. The van der Waals surface area contributed by atoms with Crippen LogP contribution in [0.4, 0.5) is 10.1 Å². The Kier molecular flexibility index (Phi) is 6.58. The Hall–Kier alpha value is -3.48. The van der Waals surface area contributed by atoms with E-state index in [1.54, 1.807) is 30.3 Å². The number of rotatable bonds is 5. The van der Waals surface area contributed by atoms with Crippen LogP contribution in [0.2, 0.25) is 0 Å². The lowest BCUT2D eigenvalue weighted by molar-refractivity contribution is -0.130. The van der Waals surface area contributed by atoms with E-state index in [9.17, 15) is 19.2 Å². The van der Waals surface area contributed by atoms with Gasteiger partial charge in [0.1, 0.15) is 24.2 Å². The molecule has 1 unspecified atom stereocenters. The van der Waals surface area contributed by atoms with Gasteiger partial charge in [0.05, 0.1) is 23.7 Å². The maximum atomic E-state index is 13.3. The summed E-state index contributed by atoms with van der Waals surface area (Å²) >= 11 is 0. The molecule has 2 aromatic carbocycles. The normalized spacial score (nSPS) is 18.3. The summed E-state index contributed by atoms with van der Waals surface area (Å²) in [7, 11) is 0. The van der Waals surface area contributed by atoms with Crippen molar-refractivity contribution in [3.8, 4) is 11.8 Å². The van der Waals surface area contributed by atoms with E-state index in [0.29, 0.717) is 49.6 Å². The Morgan fingerprint density at radius 3 is 2.64 bits per heavy atom. The van der Waals surface area contributed by atoms with Gasteiger partial charge in [-0.05, 0) is 54.8 Å². The number of benzene rings is 2. The van der Waals surface area contributed by atoms with Crippen molar-refractivity contribution >= 4 is 17.5 Å². The number of nitrogens with zero attached hydrogens (tertiary/aromatic N) is 2. The van der Waals surface area contributed by atoms with Crippen LogP contribution in [-0.4, -0.2) is 49.8 Å². The summed E-state index contributed by atoms with van der Waals surface area (Å²) in [4.78, 5) is 27.3. The first-order chi connectivity index (χ1) is 15.9. The predicted molar refractivity (Wildman–Crippen MR) is 118 cm³/mol. The number of anilines is 1. The first kappa shape index (κ1) is 22.7. The Balaban J connectivity index is 1.48. The topological polar surface area (TPSA) is 118 Å². The van der Waals surface area contributed by atoms with E-state index in [4.69, 9.17) is 15.2 Å². The van der Waals surface area contributed by atoms with E-state index in [2.05, 4.69) is 11.4 Å². The fourth-order valence-corrected chi connectivity index (χ4v) is 3.98. The van der Waals surface area contributed by atoms with Gasteiger partial charge in [-0.3, -0.25) is 9.59 Å². The second kappa shape index (κ2) is 9.57. The number of nitrogens with two attached hydrogens (primary N) is 1. The van der Waals surface area contributed by atoms with E-state index < -0.39 is 11.6 Å². The molecule has 0 spiro atoms. The number of halogens is 1. The Bertz CT molecular complexity index is 1080. The molecule has 1 saturated heterocycles. The largest absolute Gasteiger partial charge is 0.491 e. The molecule has 4 rings (SSSR count). The molecular formula is C24H25FN4O4. The van der Waals surface area contributed by atoms with Crippen molar-refractivity contribution in [2.75, 3.05) is 31.3 Å². The Labute approximate surface area is 191 Å². The molecule has 2 amide bonds. The minimum Gasteiger partial charge on any atom is -0.491 e. The second-order valence-electron chi connectivity index (χ2n) is 8.24. The van der Waals surface area contributed by atoms with E-state index in [0.717, 1.165) is 5.56 Å². The van der Waals surface area contributed by atoms with Gasteiger partial charge >= 0.3 is 0 Å². The Morgan fingerprint density at radius 2 is 1.94 bits per heavy atom. The highest BCUT2D eigenvalue weighted by atomic mass is 19.1. The number of carbonyl (C=O) groups is 2. The van der Waals surface area contributed by atoms with Crippen molar-refractivity contribution in [2.24, 2.45) is 5.73 Å². The second-order valence-corrected chi connectivity index (χ2v) is 8.24. The van der Waals surface area contributed by atoms with Crippen LogP contribution in [0.1, 0.15) is 28.8 Å². The highest BCUT2D eigenvalue weighted by Crippen LogP contribution is 2.28. The molecule has 1 fully saturated rings. The molecule has 1 atom stereocenters. The van der Waals surface area contributed by atoms with E-state index >= 15 is 0 Å². The Morgan fingerprint density at radius 1 is 1.21 bits per heavy atom. The highest BCUT2D eigenvalue weighted by molar-refractivity contribution is 6.08. The third kappa shape index (κ3) is 4.97. The molecule has 0 saturated carbocycles. The van der Waals surface area contributed by atoms with Crippen molar-refractivity contribution in [3.05, 3.63) is 59.4 Å². The number of carbonyl (C=O) groups excluding carboxylic acids is 2. The maximum Gasteiger partial charge on any atom is 0.262 e. The molecule has 172 valence electrons. The number of amides is 2. The summed E-state index contributed by atoms with van der Waals surface area (Å²) in [5.74, 6) is -0.590. The minimum atomic E-state index is -1.04. The maximum absolute atomic E-state index is 13.3. The molecule has 8 nitrogen and oxygen atoms in total. The molecule has 2 aliphatic rings. The molecular weight excluding hydrogens is 427 g/mol. The monoisotopic (exact) mass is 452 g/mol. The number of nitriles is 1. The zero-order valence-corrected chi connectivity index (χ0v) is 18.1. The molecule has 2 aromatic rings. The van der Waals surface area contributed by atoms with Crippen LogP contribution in [0.5, 0.6) is 5.75 Å². The molecule has 2 aliphatic heterocycles. The summed E-state index contributed by atoms with van der Waals surface area (Å²) in [6, 6.07) is 12.1. The molecule has 3 N–H and O–H groups in total. The molecule has 0 aromatic heterocycles. The molecule has 0 radical (unpaired) electrons. The van der Waals surface area contributed by atoms with Gasteiger partial charge < -0.3 is 25.4 Å². The molecule has 2 heterocycles. The first-order valence-electron chi connectivity index (χ1n) is 10.8. The van der Waals surface area contributed by atoms with Crippen molar-refractivity contribution in [1.82, 2.24) is 5.32 Å². The van der Waals surface area contributed by atoms with Crippen molar-refractivity contribution < 1.29 is 23.5 Å². The van der Waals surface area contributed by atoms with Gasteiger partial charge in [0.15, 0.2) is 0 Å². The quantitative estimate of drug-likeness (QED) is 0.716. The van der Waals surface area contributed by atoms with Gasteiger partial charge in [-0.15, -0.1) is 0 Å². The molecule has 0 aliphatic carbocycles. The van der Waals surface area contributed by atoms with Gasteiger partial charge in [-0.1, -0.05) is 6.07 Å². The van der Waals surface area contributed by atoms with E-state index in [1.807, 2.05) is 0 Å². The third-order valence-corrected chi connectivity index (χ3v) is 5.97. The van der Waals surface area contributed by atoms with Gasteiger partial charge in [-0.25, -0.2) is 4.39 Å². The summed E-state index contributed by atoms with van der Waals surface area (Å²) in [6.07, 6.45) is 1.04. The van der Waals surface area contributed by atoms with Crippen LogP contribution in [-0.2, 0) is 16.0 Å². The van der Waals surface area contributed by atoms with Crippen LogP contribution in [0.15, 0.2) is 42.5 Å². The third-order valence-electron chi connectivity index (χ3n) is 5.97. The fraction of sp³-hybridized carbons (Fsp3) is 0.375. The van der Waals surface area contributed by atoms with Crippen LogP contribution in [0.25, 0.3) is 0 Å². The molecule has 9 heteroatoms. The van der Waals surface area contributed by atoms with Crippen LogP contribution < -0.4 is 20.7 Å². The van der Waals surface area contributed by atoms with Crippen molar-refractivity contribution in [2.45, 2.75) is 30.8 Å². The van der Waals surface area contributed by atoms with Crippen molar-refractivity contribution in [1.29, 1.82) is 5.26 Å². The minimum absolute atomic E-state index is 0.237. The van der Waals surface area contributed by atoms with Gasteiger partial charge in [-0.2, -0.15) is 5.26 Å². The summed E-state index contributed by atoms with van der Waals surface area (Å²) in [5.41, 5.74) is 6.86. The van der Waals surface area contributed by atoms with E-state index in [1.165, 1.54) is 17.0 Å². The SMILES string of the molecule is N#CC(Cc1ccc2c(c1)OCCN(c1ccc(F)cc1)C2=O)NC(=O)C1(N)CCOCC1. The standard InChI is InChI=1S/C24H25FN4O4/c25-17-2-4-19(5-3-17)29-9-12-33-21-14-16(1-6-20(21)22(29)30)13-18(15-26)28-23(31)24(27)7-10-32-11-8-24/h1-6,14,18H,7-13,27H2,(H,28,31). The lowest BCUT2D eigenvalue weighted by atomic mass is 9.90. The highest BCUT2D eigenvalue weighted by Gasteiger charge is 2.37. The molecule has 0 bridgehead atoms. The zero-order chi connectivity index (χ0) is 23.4. The zero-order valence-electron chi connectivity index (χ0n) is 18.1. The molecule has 33 heavy (non-hydrogen) atoms.